The molecule has 0 bridgehead atoms. The number of rotatable bonds is 10. The molecular formula is C25H31N3O3S. The van der Waals surface area contributed by atoms with Crippen molar-refractivity contribution in [3.05, 3.63) is 52.0 Å². The summed E-state index contributed by atoms with van der Waals surface area (Å²) in [6, 6.07) is 9.20. The highest BCUT2D eigenvalue weighted by molar-refractivity contribution is 7.09. The van der Waals surface area contributed by atoms with Crippen molar-refractivity contribution in [2.45, 2.75) is 70.9 Å². The van der Waals surface area contributed by atoms with Gasteiger partial charge in [0, 0.05) is 22.9 Å². The van der Waals surface area contributed by atoms with Crippen molar-refractivity contribution < 1.29 is 14.7 Å². The largest absolute Gasteiger partial charge is 0.480 e. The smallest absolute Gasteiger partial charge is 0.326 e. The maximum Gasteiger partial charge on any atom is 0.326 e. The first-order valence-electron chi connectivity index (χ1n) is 11.6. The number of thiophene rings is 1. The minimum absolute atomic E-state index is 0.341. The molecule has 1 aromatic carbocycles. The van der Waals surface area contributed by atoms with Gasteiger partial charge in [-0.25, -0.2) is 9.78 Å². The summed E-state index contributed by atoms with van der Waals surface area (Å²) in [6.07, 6.45) is 6.50. The lowest BCUT2D eigenvalue weighted by Crippen LogP contribution is -2.42. The van der Waals surface area contributed by atoms with Gasteiger partial charge in [-0.1, -0.05) is 39.2 Å². The average Bonchev–Trinajstić information content (AvgIpc) is 3.38. The number of carboxylic acid groups (broad SMARTS) is 1. The Morgan fingerprint density at radius 3 is 2.62 bits per heavy atom. The lowest BCUT2D eigenvalue weighted by atomic mass is 9.81. The van der Waals surface area contributed by atoms with Crippen molar-refractivity contribution in [3.8, 4) is 0 Å². The molecular weight excluding hydrogens is 422 g/mol. The van der Waals surface area contributed by atoms with Crippen LogP contribution in [0.1, 0.15) is 79.5 Å². The molecule has 2 heterocycles. The molecule has 2 aromatic heterocycles. The second-order valence-electron chi connectivity index (χ2n) is 8.72. The van der Waals surface area contributed by atoms with Crippen LogP contribution >= 0.6 is 11.3 Å². The summed E-state index contributed by atoms with van der Waals surface area (Å²) in [7, 11) is 0. The van der Waals surface area contributed by atoms with Gasteiger partial charge < -0.3 is 15.0 Å². The number of hydrogen-bond acceptors (Lipinski definition) is 4. The second kappa shape index (κ2) is 9.86. The van der Waals surface area contributed by atoms with Gasteiger partial charge >= 0.3 is 5.97 Å². The minimum atomic E-state index is -0.970. The highest BCUT2D eigenvalue weighted by Crippen LogP contribution is 2.31. The summed E-state index contributed by atoms with van der Waals surface area (Å²) in [5, 5.41) is 14.4. The van der Waals surface area contributed by atoms with Crippen LogP contribution in [-0.4, -0.2) is 32.6 Å². The van der Waals surface area contributed by atoms with Crippen LogP contribution in [0.25, 0.3) is 11.0 Å². The molecule has 0 aliphatic heterocycles. The first kappa shape index (κ1) is 22.5. The SMILES string of the molecule is CCC(CC)n1c(Cc2cccs2)nc2cc(C(=O)N[C@@H](CC3CCC3)C(=O)O)ccc21. The zero-order valence-corrected chi connectivity index (χ0v) is 19.5. The van der Waals surface area contributed by atoms with E-state index in [4.69, 9.17) is 4.98 Å². The summed E-state index contributed by atoms with van der Waals surface area (Å²) in [5.74, 6) is 0.0783. The van der Waals surface area contributed by atoms with E-state index < -0.39 is 12.0 Å². The molecule has 0 unspecified atom stereocenters. The summed E-state index contributed by atoms with van der Waals surface area (Å²) in [4.78, 5) is 30.7. The number of aromatic nitrogens is 2. The van der Waals surface area contributed by atoms with E-state index in [0.717, 1.165) is 55.4 Å². The van der Waals surface area contributed by atoms with Crippen LogP contribution in [0.2, 0.25) is 0 Å². The van der Waals surface area contributed by atoms with Crippen LogP contribution in [0.5, 0.6) is 0 Å². The highest BCUT2D eigenvalue weighted by atomic mass is 32.1. The summed E-state index contributed by atoms with van der Waals surface area (Å²) in [5.41, 5.74) is 2.25. The Hall–Kier alpha value is -2.67. The Balaban J connectivity index is 1.62. The van der Waals surface area contributed by atoms with Gasteiger partial charge in [0.15, 0.2) is 0 Å². The maximum absolute atomic E-state index is 12.9. The van der Waals surface area contributed by atoms with Crippen LogP contribution in [0.3, 0.4) is 0 Å². The van der Waals surface area contributed by atoms with Gasteiger partial charge in [0.25, 0.3) is 5.91 Å². The summed E-state index contributed by atoms with van der Waals surface area (Å²) < 4.78 is 2.31. The lowest BCUT2D eigenvalue weighted by Gasteiger charge is -2.28. The van der Waals surface area contributed by atoms with E-state index in [0.29, 0.717) is 23.9 Å². The lowest BCUT2D eigenvalue weighted by molar-refractivity contribution is -0.139. The molecule has 1 amide bonds. The fourth-order valence-corrected chi connectivity index (χ4v) is 5.27. The van der Waals surface area contributed by atoms with E-state index in [1.807, 2.05) is 6.07 Å². The quantitative estimate of drug-likeness (QED) is 0.429. The van der Waals surface area contributed by atoms with E-state index in [2.05, 4.69) is 41.2 Å². The number of carboxylic acids is 1. The number of carbonyl (C=O) groups is 2. The highest BCUT2D eigenvalue weighted by Gasteiger charge is 2.28. The fraction of sp³-hybridized carbons (Fsp3) is 0.480. The predicted octanol–water partition coefficient (Wildman–Crippen LogP) is 5.42. The molecule has 1 saturated carbocycles. The minimum Gasteiger partial charge on any atom is -0.480 e. The molecule has 32 heavy (non-hydrogen) atoms. The normalized spacial score (nSPS) is 15.1. The number of amides is 1. The van der Waals surface area contributed by atoms with Crippen LogP contribution in [-0.2, 0) is 11.2 Å². The van der Waals surface area contributed by atoms with Crippen molar-refractivity contribution in [2.75, 3.05) is 0 Å². The third-order valence-corrected chi connectivity index (χ3v) is 7.52. The molecule has 1 aliphatic carbocycles. The molecule has 170 valence electrons. The van der Waals surface area contributed by atoms with Gasteiger partial charge in [0.05, 0.1) is 11.0 Å². The van der Waals surface area contributed by atoms with Crippen molar-refractivity contribution in [2.24, 2.45) is 5.92 Å². The van der Waals surface area contributed by atoms with E-state index in [9.17, 15) is 14.7 Å². The Labute approximate surface area is 192 Å². The zero-order chi connectivity index (χ0) is 22.7. The molecule has 7 heteroatoms. The number of aliphatic carboxylic acids is 1. The van der Waals surface area contributed by atoms with Crippen LogP contribution in [0.4, 0.5) is 0 Å². The van der Waals surface area contributed by atoms with Gasteiger partial charge in [-0.15, -0.1) is 11.3 Å². The monoisotopic (exact) mass is 453 g/mol. The molecule has 3 aromatic rings. The Morgan fingerprint density at radius 1 is 1.25 bits per heavy atom. The van der Waals surface area contributed by atoms with E-state index in [-0.39, 0.29) is 5.91 Å². The number of fused-ring (bicyclic) bond motifs is 1. The number of imidazole rings is 1. The molecule has 1 fully saturated rings. The molecule has 1 atom stereocenters. The van der Waals surface area contributed by atoms with E-state index in [1.165, 1.54) is 4.88 Å². The summed E-state index contributed by atoms with van der Waals surface area (Å²) in [6.45, 7) is 4.37. The third kappa shape index (κ3) is 4.72. The van der Waals surface area contributed by atoms with Crippen LogP contribution in [0, 0.1) is 5.92 Å². The Morgan fingerprint density at radius 2 is 2.03 bits per heavy atom. The molecule has 2 N–H and O–H groups in total. The number of nitrogens with one attached hydrogen (secondary N) is 1. The number of carbonyl (C=O) groups excluding carboxylic acids is 1. The predicted molar refractivity (Wildman–Crippen MR) is 127 cm³/mol. The maximum atomic E-state index is 12.9. The van der Waals surface area contributed by atoms with Crippen molar-refractivity contribution in [3.63, 3.8) is 0 Å². The van der Waals surface area contributed by atoms with Crippen LogP contribution < -0.4 is 5.32 Å². The number of benzene rings is 1. The zero-order valence-electron chi connectivity index (χ0n) is 18.7. The second-order valence-corrected chi connectivity index (χ2v) is 9.76. The van der Waals surface area contributed by atoms with Gasteiger partial charge in [-0.05, 0) is 54.8 Å². The van der Waals surface area contributed by atoms with E-state index in [1.54, 1.807) is 23.5 Å². The fourth-order valence-electron chi connectivity index (χ4n) is 4.57. The molecule has 0 spiro atoms. The van der Waals surface area contributed by atoms with Crippen molar-refractivity contribution >= 4 is 34.2 Å². The van der Waals surface area contributed by atoms with Gasteiger partial charge in [0.2, 0.25) is 0 Å². The van der Waals surface area contributed by atoms with Gasteiger partial charge in [0.1, 0.15) is 11.9 Å². The first-order valence-corrected chi connectivity index (χ1v) is 12.4. The molecule has 6 nitrogen and oxygen atoms in total. The Bertz CT molecular complexity index is 1080. The van der Waals surface area contributed by atoms with Crippen molar-refractivity contribution in [1.29, 1.82) is 0 Å². The number of hydrogen-bond donors (Lipinski definition) is 2. The van der Waals surface area contributed by atoms with E-state index >= 15 is 0 Å². The third-order valence-electron chi connectivity index (χ3n) is 6.64. The van der Waals surface area contributed by atoms with Gasteiger partial charge in [-0.2, -0.15) is 0 Å². The standard InChI is InChI=1S/C25H31N3O3S/c1-3-18(4-2)28-22-11-10-17(14-20(22)26-23(28)15-19-9-6-12-32-19)24(29)27-21(25(30)31)13-16-7-5-8-16/h6,9-12,14,16,18,21H,3-5,7-8,13,15H2,1-2H3,(H,27,29)(H,30,31)/t21-/m0/s1. The molecule has 0 saturated heterocycles. The van der Waals surface area contributed by atoms with Crippen LogP contribution in [0.15, 0.2) is 35.7 Å². The molecule has 4 rings (SSSR count). The Kier molecular flexibility index (Phi) is 6.94. The number of nitrogens with zero attached hydrogens (tertiary/aromatic N) is 2. The average molecular weight is 454 g/mol. The first-order chi connectivity index (χ1) is 15.5. The van der Waals surface area contributed by atoms with Gasteiger partial charge in [-0.3, -0.25) is 4.79 Å². The molecule has 1 aliphatic rings. The topological polar surface area (TPSA) is 84.2 Å². The summed E-state index contributed by atoms with van der Waals surface area (Å²) >= 11 is 1.72. The van der Waals surface area contributed by atoms with Crippen molar-refractivity contribution in [1.82, 2.24) is 14.9 Å². The molecule has 0 radical (unpaired) electrons.